The number of carbonyl (C=O) groups excluding carboxylic acids is 1. The molecule has 0 fully saturated rings. The lowest BCUT2D eigenvalue weighted by Crippen LogP contribution is -2.30. The summed E-state index contributed by atoms with van der Waals surface area (Å²) in [6, 6.07) is 3.46. The molecule has 1 aromatic heterocycles. The third-order valence-electron chi connectivity index (χ3n) is 2.46. The number of aldehydes is 1. The predicted molar refractivity (Wildman–Crippen MR) is 69.3 cm³/mol. The summed E-state index contributed by atoms with van der Waals surface area (Å²) in [6.07, 6.45) is 0.701. The van der Waals surface area contributed by atoms with Crippen LogP contribution in [0, 0.1) is 0 Å². The molecular weight excluding hydrogens is 234 g/mol. The van der Waals surface area contributed by atoms with Crippen molar-refractivity contribution in [2.24, 2.45) is 0 Å². The van der Waals surface area contributed by atoms with E-state index < -0.39 is 0 Å². The number of nitrogens with zero attached hydrogens (tertiary/aromatic N) is 1. The maximum Gasteiger partial charge on any atom is 0.196 e. The minimum absolute atomic E-state index is 0.336. The predicted octanol–water partition coefficient (Wildman–Crippen LogP) is 1.97. The SMILES string of the molecule is CCOCCN(CCOCC)c1ccc(C=O)o1. The molecule has 1 rings (SSSR count). The molecule has 0 N–H and O–H groups in total. The van der Waals surface area contributed by atoms with Crippen molar-refractivity contribution in [3.63, 3.8) is 0 Å². The van der Waals surface area contributed by atoms with E-state index in [9.17, 15) is 4.79 Å². The first kappa shape index (κ1) is 14.7. The zero-order valence-corrected chi connectivity index (χ0v) is 11.1. The second-order valence-electron chi connectivity index (χ2n) is 3.67. The smallest absolute Gasteiger partial charge is 0.196 e. The summed E-state index contributed by atoms with van der Waals surface area (Å²) in [5, 5.41) is 0. The molecule has 0 radical (unpaired) electrons. The topological polar surface area (TPSA) is 51.9 Å². The van der Waals surface area contributed by atoms with Crippen molar-refractivity contribution in [3.05, 3.63) is 17.9 Å². The molecule has 0 saturated carbocycles. The van der Waals surface area contributed by atoms with Gasteiger partial charge in [0.15, 0.2) is 17.9 Å². The maximum absolute atomic E-state index is 10.6. The van der Waals surface area contributed by atoms with Crippen LogP contribution in [0.3, 0.4) is 0 Å². The number of furan rings is 1. The van der Waals surface area contributed by atoms with Gasteiger partial charge in [-0.1, -0.05) is 0 Å². The molecule has 0 aliphatic heterocycles. The van der Waals surface area contributed by atoms with Crippen molar-refractivity contribution in [1.82, 2.24) is 0 Å². The summed E-state index contributed by atoms with van der Waals surface area (Å²) in [7, 11) is 0. The summed E-state index contributed by atoms with van der Waals surface area (Å²) in [5.41, 5.74) is 0. The molecule has 0 unspecified atom stereocenters. The Morgan fingerprint density at radius 2 is 1.78 bits per heavy atom. The molecule has 0 aliphatic carbocycles. The molecule has 0 saturated heterocycles. The highest BCUT2D eigenvalue weighted by Gasteiger charge is 2.10. The lowest BCUT2D eigenvalue weighted by molar-refractivity contribution is 0.110. The summed E-state index contributed by atoms with van der Waals surface area (Å²) < 4.78 is 16.1. The Bertz CT molecular complexity index is 327. The van der Waals surface area contributed by atoms with Gasteiger partial charge in [0.25, 0.3) is 0 Å². The highest BCUT2D eigenvalue weighted by atomic mass is 16.5. The first-order valence-electron chi connectivity index (χ1n) is 6.27. The second-order valence-corrected chi connectivity index (χ2v) is 3.67. The van der Waals surface area contributed by atoms with Crippen LogP contribution in [-0.2, 0) is 9.47 Å². The molecule has 1 aromatic rings. The highest BCUT2D eigenvalue weighted by molar-refractivity contribution is 5.71. The fraction of sp³-hybridized carbons (Fsp3) is 0.615. The molecule has 1 heterocycles. The summed E-state index contributed by atoms with van der Waals surface area (Å²) in [5.74, 6) is 1.01. The number of anilines is 1. The van der Waals surface area contributed by atoms with Gasteiger partial charge in [-0.05, 0) is 19.9 Å². The standard InChI is InChI=1S/C13H21NO4/c1-3-16-9-7-14(8-10-17-4-2)13-6-5-12(11-15)18-13/h5-6,11H,3-4,7-10H2,1-2H3. The van der Waals surface area contributed by atoms with Gasteiger partial charge in [0.1, 0.15) is 0 Å². The first-order chi connectivity index (χ1) is 8.81. The number of hydrogen-bond donors (Lipinski definition) is 0. The van der Waals surface area contributed by atoms with E-state index in [1.807, 2.05) is 18.7 Å². The van der Waals surface area contributed by atoms with Crippen molar-refractivity contribution in [1.29, 1.82) is 0 Å². The molecule has 0 aromatic carbocycles. The normalized spacial score (nSPS) is 10.6. The summed E-state index contributed by atoms with van der Waals surface area (Å²) in [6.45, 7) is 7.98. The minimum Gasteiger partial charge on any atom is -0.438 e. The van der Waals surface area contributed by atoms with Gasteiger partial charge in [0.05, 0.1) is 13.2 Å². The van der Waals surface area contributed by atoms with Gasteiger partial charge in [0.2, 0.25) is 0 Å². The maximum atomic E-state index is 10.6. The number of ether oxygens (including phenoxy) is 2. The number of carbonyl (C=O) groups is 1. The van der Waals surface area contributed by atoms with E-state index in [0.717, 1.165) is 0 Å². The average molecular weight is 255 g/mol. The molecular formula is C13H21NO4. The van der Waals surface area contributed by atoms with E-state index in [-0.39, 0.29) is 0 Å². The van der Waals surface area contributed by atoms with Crippen LogP contribution in [0.4, 0.5) is 5.88 Å². The summed E-state index contributed by atoms with van der Waals surface area (Å²) >= 11 is 0. The molecule has 0 bridgehead atoms. The van der Waals surface area contributed by atoms with Crippen LogP contribution >= 0.6 is 0 Å². The van der Waals surface area contributed by atoms with E-state index in [0.29, 0.717) is 57.4 Å². The van der Waals surface area contributed by atoms with Gasteiger partial charge in [-0.3, -0.25) is 4.79 Å². The molecule has 0 atom stereocenters. The fourth-order valence-corrected chi connectivity index (χ4v) is 1.55. The summed E-state index contributed by atoms with van der Waals surface area (Å²) in [4.78, 5) is 12.6. The molecule has 0 spiro atoms. The monoisotopic (exact) mass is 255 g/mol. The Morgan fingerprint density at radius 1 is 1.17 bits per heavy atom. The molecule has 5 heteroatoms. The van der Waals surface area contributed by atoms with Crippen LogP contribution in [-0.4, -0.2) is 45.8 Å². The first-order valence-corrected chi connectivity index (χ1v) is 6.27. The van der Waals surface area contributed by atoms with Crippen LogP contribution in [0.1, 0.15) is 24.4 Å². The van der Waals surface area contributed by atoms with Gasteiger partial charge < -0.3 is 18.8 Å². The fourth-order valence-electron chi connectivity index (χ4n) is 1.55. The molecule has 5 nitrogen and oxygen atoms in total. The number of hydrogen-bond acceptors (Lipinski definition) is 5. The second kappa shape index (κ2) is 8.72. The van der Waals surface area contributed by atoms with Gasteiger partial charge in [0, 0.05) is 32.4 Å². The van der Waals surface area contributed by atoms with Gasteiger partial charge in [-0.15, -0.1) is 0 Å². The van der Waals surface area contributed by atoms with E-state index in [4.69, 9.17) is 13.9 Å². The third kappa shape index (κ3) is 4.89. The van der Waals surface area contributed by atoms with Crippen LogP contribution in [0.15, 0.2) is 16.5 Å². The van der Waals surface area contributed by atoms with Crippen molar-refractivity contribution in [3.8, 4) is 0 Å². The molecule has 18 heavy (non-hydrogen) atoms. The van der Waals surface area contributed by atoms with Crippen molar-refractivity contribution in [2.45, 2.75) is 13.8 Å². The van der Waals surface area contributed by atoms with E-state index in [1.54, 1.807) is 12.1 Å². The Morgan fingerprint density at radius 3 is 2.22 bits per heavy atom. The van der Waals surface area contributed by atoms with Crippen LogP contribution in [0.25, 0.3) is 0 Å². The Balaban J connectivity index is 2.54. The van der Waals surface area contributed by atoms with Crippen molar-refractivity contribution < 1.29 is 18.7 Å². The minimum atomic E-state index is 0.336. The lowest BCUT2D eigenvalue weighted by Gasteiger charge is -2.21. The Hall–Kier alpha value is -1.33. The van der Waals surface area contributed by atoms with Crippen LogP contribution < -0.4 is 4.90 Å². The largest absolute Gasteiger partial charge is 0.438 e. The van der Waals surface area contributed by atoms with E-state index >= 15 is 0 Å². The number of rotatable bonds is 10. The molecule has 0 amide bonds. The molecule has 102 valence electrons. The van der Waals surface area contributed by atoms with Crippen molar-refractivity contribution >= 4 is 12.2 Å². The Labute approximate surface area is 108 Å². The van der Waals surface area contributed by atoms with E-state index in [1.165, 1.54) is 0 Å². The van der Waals surface area contributed by atoms with Gasteiger partial charge in [-0.2, -0.15) is 0 Å². The van der Waals surface area contributed by atoms with Gasteiger partial charge in [-0.25, -0.2) is 0 Å². The average Bonchev–Trinajstić information content (AvgIpc) is 2.86. The Kier molecular flexibility index (Phi) is 7.13. The van der Waals surface area contributed by atoms with Crippen LogP contribution in [0.5, 0.6) is 0 Å². The quantitative estimate of drug-likeness (QED) is 0.472. The third-order valence-corrected chi connectivity index (χ3v) is 2.46. The molecule has 0 aliphatic rings. The lowest BCUT2D eigenvalue weighted by atomic mass is 10.4. The van der Waals surface area contributed by atoms with E-state index in [2.05, 4.69) is 0 Å². The van der Waals surface area contributed by atoms with Crippen LogP contribution in [0.2, 0.25) is 0 Å². The zero-order valence-electron chi connectivity index (χ0n) is 11.1. The highest BCUT2D eigenvalue weighted by Crippen LogP contribution is 2.17. The van der Waals surface area contributed by atoms with Gasteiger partial charge >= 0.3 is 0 Å². The zero-order chi connectivity index (χ0) is 13.2. The van der Waals surface area contributed by atoms with Crippen molar-refractivity contribution in [2.75, 3.05) is 44.4 Å².